The van der Waals surface area contributed by atoms with Crippen molar-refractivity contribution in [1.82, 2.24) is 19.9 Å². The number of hydrogen-bond acceptors (Lipinski definition) is 4. The molecule has 8 aromatic rings. The van der Waals surface area contributed by atoms with E-state index in [4.69, 9.17) is 26.4 Å². The summed E-state index contributed by atoms with van der Waals surface area (Å²) in [5.74, 6) is 4.59. The second-order valence-corrected chi connectivity index (χ2v) is 12.6. The van der Waals surface area contributed by atoms with Crippen LogP contribution in [0.4, 0.5) is 0 Å². The average molecular weight is 655 g/mol. The lowest BCUT2D eigenvalue weighted by atomic mass is 9.94. The minimum absolute atomic E-state index is 0.598. The number of aromatic nitrogens is 4. The van der Waals surface area contributed by atoms with E-state index in [1.807, 2.05) is 60.7 Å². The minimum atomic E-state index is 0.598. The van der Waals surface area contributed by atoms with Gasteiger partial charge in [-0.15, -0.1) is 12.3 Å². The maximum atomic E-state index is 5.57. The van der Waals surface area contributed by atoms with Crippen molar-refractivity contribution in [2.75, 3.05) is 0 Å². The molecule has 2 heterocycles. The first kappa shape index (κ1) is 31.6. The Kier molecular flexibility index (Phi) is 8.68. The van der Waals surface area contributed by atoms with Crippen LogP contribution in [-0.4, -0.2) is 19.9 Å². The Morgan fingerprint density at radius 1 is 0.471 bits per heavy atom. The second-order valence-electron chi connectivity index (χ2n) is 12.6. The Morgan fingerprint density at radius 3 is 1.71 bits per heavy atom. The van der Waals surface area contributed by atoms with Crippen LogP contribution in [0.2, 0.25) is 0 Å². The predicted octanol–water partition coefficient (Wildman–Crippen LogP) is 11.3. The number of benzene rings is 6. The van der Waals surface area contributed by atoms with Crippen LogP contribution in [0.25, 0.3) is 78.4 Å². The molecule has 6 aromatic carbocycles. The van der Waals surface area contributed by atoms with E-state index in [1.54, 1.807) is 0 Å². The zero-order chi connectivity index (χ0) is 34.6. The molecule has 8 rings (SSSR count). The van der Waals surface area contributed by atoms with Gasteiger partial charge in [-0.3, -0.25) is 4.98 Å². The molecule has 0 radical (unpaired) electrons. The van der Waals surface area contributed by atoms with Crippen molar-refractivity contribution in [3.8, 4) is 80.0 Å². The molecule has 0 saturated carbocycles. The molecule has 0 bridgehead atoms. The largest absolute Gasteiger partial charge is 0.253 e. The highest BCUT2D eigenvalue weighted by Gasteiger charge is 2.16. The van der Waals surface area contributed by atoms with Crippen molar-refractivity contribution in [3.63, 3.8) is 0 Å². The van der Waals surface area contributed by atoms with Crippen molar-refractivity contribution < 1.29 is 0 Å². The van der Waals surface area contributed by atoms with Crippen LogP contribution in [0.15, 0.2) is 158 Å². The summed E-state index contributed by atoms with van der Waals surface area (Å²) in [6, 6.07) is 54.6. The molecular formula is C47H34N4. The molecule has 0 atom stereocenters. The lowest BCUT2D eigenvalue weighted by Crippen LogP contribution is -2.01. The van der Waals surface area contributed by atoms with Gasteiger partial charge in [0.2, 0.25) is 0 Å². The number of fused-ring (bicyclic) bond motifs is 1. The third-order valence-electron chi connectivity index (χ3n) is 9.24. The van der Waals surface area contributed by atoms with Crippen LogP contribution in [0, 0.1) is 19.3 Å². The third-order valence-corrected chi connectivity index (χ3v) is 9.24. The van der Waals surface area contributed by atoms with E-state index in [-0.39, 0.29) is 0 Å². The van der Waals surface area contributed by atoms with Gasteiger partial charge < -0.3 is 0 Å². The standard InChI is InChI=1S/C47H34N4/c1-3-4-14-33-27-28-44(48-32(33)2)40-29-39(34-23-25-36(26-24-34)43-22-13-20-35-15-11-12-21-42(35)43)30-41(31-40)47-50-45(37-16-7-5-8-17-37)49-46(51-47)38-18-9-6-10-19-38/h1,5-13,15-31H,4,14H2,2H3. The van der Waals surface area contributed by atoms with Crippen molar-refractivity contribution in [2.24, 2.45) is 0 Å². The third kappa shape index (κ3) is 6.66. The van der Waals surface area contributed by atoms with Gasteiger partial charge in [0.25, 0.3) is 0 Å². The zero-order valence-corrected chi connectivity index (χ0v) is 28.3. The zero-order valence-electron chi connectivity index (χ0n) is 28.3. The Labute approximate surface area is 298 Å². The topological polar surface area (TPSA) is 51.6 Å². The molecule has 0 amide bonds. The fraction of sp³-hybridized carbons (Fsp3) is 0.0638. The first-order chi connectivity index (χ1) is 25.1. The van der Waals surface area contributed by atoms with Crippen LogP contribution >= 0.6 is 0 Å². The number of rotatable bonds is 8. The molecule has 4 heteroatoms. The van der Waals surface area contributed by atoms with Crippen LogP contribution in [0.5, 0.6) is 0 Å². The van der Waals surface area contributed by atoms with Crippen molar-refractivity contribution in [2.45, 2.75) is 19.8 Å². The summed E-state index contributed by atoms with van der Waals surface area (Å²) < 4.78 is 0. The second kappa shape index (κ2) is 14.0. The number of hydrogen-bond donors (Lipinski definition) is 0. The van der Waals surface area contributed by atoms with Gasteiger partial charge in [0.05, 0.1) is 5.69 Å². The molecular weight excluding hydrogens is 621 g/mol. The number of pyridine rings is 1. The van der Waals surface area contributed by atoms with Gasteiger partial charge in [-0.2, -0.15) is 0 Å². The maximum absolute atomic E-state index is 5.57. The molecule has 0 aliphatic carbocycles. The first-order valence-corrected chi connectivity index (χ1v) is 17.1. The molecule has 2 aromatic heterocycles. The van der Waals surface area contributed by atoms with Crippen molar-refractivity contribution in [3.05, 3.63) is 169 Å². The molecule has 0 N–H and O–H groups in total. The van der Waals surface area contributed by atoms with Gasteiger partial charge in [0.1, 0.15) is 0 Å². The quantitative estimate of drug-likeness (QED) is 0.153. The minimum Gasteiger partial charge on any atom is -0.253 e. The predicted molar refractivity (Wildman–Crippen MR) is 210 cm³/mol. The Bertz CT molecular complexity index is 2470. The van der Waals surface area contributed by atoms with Gasteiger partial charge in [-0.1, -0.05) is 133 Å². The normalized spacial score (nSPS) is 11.0. The van der Waals surface area contributed by atoms with Crippen molar-refractivity contribution in [1.29, 1.82) is 0 Å². The van der Waals surface area contributed by atoms with E-state index >= 15 is 0 Å². The molecule has 0 aliphatic rings. The molecule has 0 spiro atoms. The summed E-state index contributed by atoms with van der Waals surface area (Å²) >= 11 is 0. The Morgan fingerprint density at radius 2 is 1.04 bits per heavy atom. The SMILES string of the molecule is C#CCCc1ccc(-c2cc(-c3ccc(-c4cccc5ccccc45)cc3)cc(-c3nc(-c4ccccc4)nc(-c4ccccc4)n3)c2)nc1C. The van der Waals surface area contributed by atoms with E-state index in [9.17, 15) is 0 Å². The van der Waals surface area contributed by atoms with Gasteiger partial charge in [0, 0.05) is 34.4 Å². The monoisotopic (exact) mass is 654 g/mol. The van der Waals surface area contributed by atoms with E-state index in [1.165, 1.54) is 21.9 Å². The summed E-state index contributed by atoms with van der Waals surface area (Å²) in [7, 11) is 0. The average Bonchev–Trinajstić information content (AvgIpc) is 3.20. The molecule has 0 fully saturated rings. The molecule has 4 nitrogen and oxygen atoms in total. The summed E-state index contributed by atoms with van der Waals surface area (Å²) in [6.45, 7) is 2.05. The number of aryl methyl sites for hydroxylation is 2. The summed E-state index contributed by atoms with van der Waals surface area (Å²) in [6.07, 6.45) is 7.06. The van der Waals surface area contributed by atoms with Crippen LogP contribution in [0.3, 0.4) is 0 Å². The molecule has 0 unspecified atom stereocenters. The van der Waals surface area contributed by atoms with Crippen LogP contribution in [-0.2, 0) is 6.42 Å². The van der Waals surface area contributed by atoms with Gasteiger partial charge in [-0.05, 0) is 76.2 Å². The summed E-state index contributed by atoms with van der Waals surface area (Å²) in [4.78, 5) is 20.1. The van der Waals surface area contributed by atoms with Crippen LogP contribution < -0.4 is 0 Å². The lowest BCUT2D eigenvalue weighted by molar-refractivity contribution is 0.983. The van der Waals surface area contributed by atoms with E-state index in [2.05, 4.69) is 110 Å². The highest BCUT2D eigenvalue weighted by molar-refractivity contribution is 5.97. The molecule has 51 heavy (non-hydrogen) atoms. The highest BCUT2D eigenvalue weighted by Crippen LogP contribution is 2.35. The van der Waals surface area contributed by atoms with E-state index in [0.29, 0.717) is 23.9 Å². The fourth-order valence-corrected chi connectivity index (χ4v) is 6.55. The van der Waals surface area contributed by atoms with Gasteiger partial charge in [0.15, 0.2) is 17.5 Å². The molecule has 0 aliphatic heterocycles. The lowest BCUT2D eigenvalue weighted by Gasteiger charge is -2.14. The van der Waals surface area contributed by atoms with Gasteiger partial charge >= 0.3 is 0 Å². The number of terminal acetylenes is 1. The Balaban J connectivity index is 1.28. The fourth-order valence-electron chi connectivity index (χ4n) is 6.55. The smallest absolute Gasteiger partial charge is 0.164 e. The van der Waals surface area contributed by atoms with Gasteiger partial charge in [-0.25, -0.2) is 15.0 Å². The summed E-state index contributed by atoms with van der Waals surface area (Å²) in [5.41, 5.74) is 11.3. The van der Waals surface area contributed by atoms with E-state index < -0.39 is 0 Å². The maximum Gasteiger partial charge on any atom is 0.164 e. The van der Waals surface area contributed by atoms with E-state index in [0.717, 1.165) is 56.8 Å². The van der Waals surface area contributed by atoms with Crippen molar-refractivity contribution >= 4 is 10.8 Å². The first-order valence-electron chi connectivity index (χ1n) is 17.1. The Hall–Kier alpha value is -6.70. The molecule has 0 saturated heterocycles. The highest BCUT2D eigenvalue weighted by atomic mass is 15.0. The molecule has 242 valence electrons. The summed E-state index contributed by atoms with van der Waals surface area (Å²) in [5, 5.41) is 2.47. The van der Waals surface area contributed by atoms with Crippen LogP contribution in [0.1, 0.15) is 17.7 Å². The number of nitrogens with zero attached hydrogens (tertiary/aromatic N) is 4.